The van der Waals surface area contributed by atoms with Gasteiger partial charge in [-0.15, -0.1) is 0 Å². The van der Waals surface area contributed by atoms with Crippen LogP contribution >= 0.6 is 0 Å². The van der Waals surface area contributed by atoms with Gasteiger partial charge in [0.1, 0.15) is 6.54 Å². The van der Waals surface area contributed by atoms with Crippen LogP contribution in [0.4, 0.5) is 5.69 Å². The standard InChI is InChI=1S/C14H19NO6S2.Na.H/c1-10-14(2,3)12-9-11(23(19,20)21)5-6-13(12)15(10)7-4-8-22(16,17)18;;/h5-6,9H,4,7-8H2,1-3H3,(H-,16,17,18,19,20,21);;/p+1. The Kier molecular flexibility index (Phi) is 6.47. The van der Waals surface area contributed by atoms with Gasteiger partial charge >= 0.3 is 29.6 Å². The monoisotopic (exact) mass is 386 g/mol. The molecule has 0 radical (unpaired) electrons. The molecule has 0 atom stereocenters. The van der Waals surface area contributed by atoms with Gasteiger partial charge < -0.3 is 0 Å². The van der Waals surface area contributed by atoms with Gasteiger partial charge in [0.15, 0.2) is 5.71 Å². The van der Waals surface area contributed by atoms with E-state index in [0.29, 0.717) is 6.54 Å². The molecule has 130 valence electrons. The van der Waals surface area contributed by atoms with E-state index in [2.05, 4.69) is 0 Å². The molecule has 0 saturated heterocycles. The molecule has 1 aliphatic rings. The van der Waals surface area contributed by atoms with Gasteiger partial charge in [-0.25, -0.2) is 0 Å². The van der Waals surface area contributed by atoms with Gasteiger partial charge in [0.25, 0.3) is 20.2 Å². The maximum absolute atomic E-state index is 11.3. The molecule has 1 aromatic rings. The third-order valence-electron chi connectivity index (χ3n) is 4.32. The Hall–Kier alpha value is -0.290. The maximum atomic E-state index is 11.3. The van der Waals surface area contributed by atoms with E-state index in [4.69, 9.17) is 4.55 Å². The van der Waals surface area contributed by atoms with E-state index in [9.17, 15) is 21.4 Å². The van der Waals surface area contributed by atoms with E-state index >= 15 is 0 Å². The summed E-state index contributed by atoms with van der Waals surface area (Å²) in [6.45, 7) is 6.13. The molecule has 2 rings (SSSR count). The Morgan fingerprint density at radius 3 is 2.21 bits per heavy atom. The second-order valence-electron chi connectivity index (χ2n) is 6.16. The van der Waals surface area contributed by atoms with Crippen LogP contribution < -0.4 is 0 Å². The average Bonchev–Trinajstić information content (AvgIpc) is 2.57. The fourth-order valence-electron chi connectivity index (χ4n) is 2.82. The van der Waals surface area contributed by atoms with Crippen molar-refractivity contribution in [3.8, 4) is 0 Å². The van der Waals surface area contributed by atoms with Crippen molar-refractivity contribution in [1.82, 2.24) is 0 Å². The van der Waals surface area contributed by atoms with Crippen molar-refractivity contribution in [2.45, 2.75) is 37.5 Å². The Morgan fingerprint density at radius 1 is 1.12 bits per heavy atom. The molecule has 0 bridgehead atoms. The van der Waals surface area contributed by atoms with Crippen molar-refractivity contribution in [3.05, 3.63) is 23.8 Å². The Morgan fingerprint density at radius 2 is 1.71 bits per heavy atom. The van der Waals surface area contributed by atoms with E-state index in [0.717, 1.165) is 17.0 Å². The van der Waals surface area contributed by atoms with Crippen LogP contribution in [-0.2, 0) is 25.7 Å². The summed E-state index contributed by atoms with van der Waals surface area (Å²) < 4.78 is 64.3. The first-order valence-corrected chi connectivity index (χ1v) is 10.1. The number of hydrogen-bond donors (Lipinski definition) is 2. The van der Waals surface area contributed by atoms with E-state index < -0.39 is 25.7 Å². The molecular weight excluding hydrogens is 365 g/mol. The van der Waals surface area contributed by atoms with Gasteiger partial charge in [0.05, 0.1) is 16.1 Å². The number of fused-ring (bicyclic) bond motifs is 1. The molecule has 1 aromatic carbocycles. The topological polar surface area (TPSA) is 112 Å². The van der Waals surface area contributed by atoms with Crippen molar-refractivity contribution in [3.63, 3.8) is 0 Å². The minimum absolute atomic E-state index is 0. The Labute approximate surface area is 164 Å². The van der Waals surface area contributed by atoms with Gasteiger partial charge in [-0.2, -0.15) is 21.4 Å². The van der Waals surface area contributed by atoms with Gasteiger partial charge in [-0.05, 0) is 26.0 Å². The SMILES string of the molecule is CC1=[N+](CCCS(=O)(=O)O)c2ccc(S(=O)(=O)O)cc2C1(C)C.[NaH]. The van der Waals surface area contributed by atoms with Crippen LogP contribution in [0.3, 0.4) is 0 Å². The molecule has 10 heteroatoms. The Balaban J connectivity index is 0.00000288. The number of nitrogens with zero attached hydrogens (tertiary/aromatic N) is 1. The summed E-state index contributed by atoms with van der Waals surface area (Å²) in [6, 6.07) is 4.36. The molecule has 0 saturated carbocycles. The van der Waals surface area contributed by atoms with Crippen molar-refractivity contribution < 1.29 is 30.5 Å². The molecule has 0 fully saturated rings. The first kappa shape index (κ1) is 21.8. The zero-order valence-corrected chi connectivity index (χ0v) is 14.8. The second-order valence-corrected chi connectivity index (χ2v) is 9.15. The minimum atomic E-state index is -4.29. The van der Waals surface area contributed by atoms with Crippen molar-refractivity contribution >= 4 is 61.2 Å². The molecule has 7 nitrogen and oxygen atoms in total. The molecule has 0 aromatic heterocycles. The van der Waals surface area contributed by atoms with Crippen LogP contribution in [-0.4, -0.2) is 78.1 Å². The van der Waals surface area contributed by atoms with Gasteiger partial charge in [0, 0.05) is 25.0 Å². The van der Waals surface area contributed by atoms with E-state index in [1.807, 2.05) is 25.3 Å². The van der Waals surface area contributed by atoms with Gasteiger partial charge in [-0.3, -0.25) is 9.11 Å². The summed E-state index contributed by atoms with van der Waals surface area (Å²) >= 11 is 0. The fraction of sp³-hybridized carbons (Fsp3) is 0.500. The quantitative estimate of drug-likeness (QED) is 0.443. The average molecular weight is 386 g/mol. The Bertz CT molecular complexity index is 888. The summed E-state index contributed by atoms with van der Waals surface area (Å²) in [5.74, 6) is -0.338. The predicted molar refractivity (Wildman–Crippen MR) is 92.9 cm³/mol. The van der Waals surface area contributed by atoms with Crippen LogP contribution in [0.25, 0.3) is 0 Å². The molecule has 0 unspecified atom stereocenters. The summed E-state index contributed by atoms with van der Waals surface area (Å²) in [7, 11) is -8.30. The van der Waals surface area contributed by atoms with E-state index in [1.54, 1.807) is 6.07 Å². The summed E-state index contributed by atoms with van der Waals surface area (Å²) in [6.07, 6.45) is 0.242. The molecule has 0 aliphatic carbocycles. The van der Waals surface area contributed by atoms with Crippen molar-refractivity contribution in [1.29, 1.82) is 0 Å². The molecule has 1 aliphatic heterocycles. The van der Waals surface area contributed by atoms with Crippen LogP contribution in [0.1, 0.15) is 32.8 Å². The van der Waals surface area contributed by atoms with Gasteiger partial charge in [0.2, 0.25) is 5.69 Å². The second kappa shape index (κ2) is 7.14. The first-order valence-electron chi connectivity index (χ1n) is 7.03. The van der Waals surface area contributed by atoms with E-state index in [1.165, 1.54) is 12.1 Å². The number of benzene rings is 1. The number of rotatable bonds is 5. The summed E-state index contributed by atoms with van der Waals surface area (Å²) in [5.41, 5.74) is 2.01. The third-order valence-corrected chi connectivity index (χ3v) is 5.98. The molecular formula is C14H21NNaO6S2+. The normalized spacial score (nSPS) is 16.7. The molecule has 0 amide bonds. The van der Waals surface area contributed by atoms with Crippen LogP contribution in [0.15, 0.2) is 23.1 Å². The zero-order chi connectivity index (χ0) is 17.6. The summed E-state index contributed by atoms with van der Waals surface area (Å²) in [5, 5.41) is 0. The van der Waals surface area contributed by atoms with E-state index in [-0.39, 0.29) is 46.6 Å². The number of hydrogen-bond acceptors (Lipinski definition) is 4. The summed E-state index contributed by atoms with van der Waals surface area (Å²) in [4.78, 5) is -0.170. The van der Waals surface area contributed by atoms with Gasteiger partial charge in [-0.1, -0.05) is 0 Å². The predicted octanol–water partition coefficient (Wildman–Crippen LogP) is 0.959. The van der Waals surface area contributed by atoms with Crippen LogP contribution in [0.5, 0.6) is 0 Å². The molecule has 2 N–H and O–H groups in total. The van der Waals surface area contributed by atoms with Crippen molar-refractivity contribution in [2.75, 3.05) is 12.3 Å². The molecule has 0 spiro atoms. The van der Waals surface area contributed by atoms with Crippen molar-refractivity contribution in [2.24, 2.45) is 0 Å². The zero-order valence-electron chi connectivity index (χ0n) is 13.1. The fourth-order valence-corrected chi connectivity index (χ4v) is 3.82. The third kappa shape index (κ3) is 4.46. The first-order chi connectivity index (χ1) is 10.3. The molecule has 24 heavy (non-hydrogen) atoms. The molecule has 1 heterocycles. The van der Waals surface area contributed by atoms with Crippen LogP contribution in [0.2, 0.25) is 0 Å². The van der Waals surface area contributed by atoms with Crippen LogP contribution in [0, 0.1) is 0 Å².